The molecule has 0 spiro atoms. The first-order valence-corrected chi connectivity index (χ1v) is 8.56. The fourth-order valence-corrected chi connectivity index (χ4v) is 2.43. The normalized spacial score (nSPS) is 17.4. The maximum atomic E-state index is 8.62. The summed E-state index contributed by atoms with van der Waals surface area (Å²) in [6, 6.07) is 0. The molecule has 1 heterocycles. The summed E-state index contributed by atoms with van der Waals surface area (Å²) in [7, 11) is 0. The molecule has 0 radical (unpaired) electrons. The number of hydrogen-bond donors (Lipinski definition) is 1. The first-order valence-electron chi connectivity index (χ1n) is 8.56. The van der Waals surface area contributed by atoms with Crippen molar-refractivity contribution >= 4 is 0 Å². The number of unbranched alkanes of at least 4 members (excludes halogenated alkanes) is 8. The van der Waals surface area contributed by atoms with E-state index < -0.39 is 0 Å². The predicted molar refractivity (Wildman–Crippen MR) is 83.8 cm³/mol. The topological polar surface area (TPSA) is 47.9 Å². The highest BCUT2D eigenvalue weighted by molar-refractivity contribution is 4.92. The summed E-state index contributed by atoms with van der Waals surface area (Å²) in [5, 5.41) is 8.62. The summed E-state index contributed by atoms with van der Waals surface area (Å²) in [6.45, 7) is 3.01. The summed E-state index contributed by atoms with van der Waals surface area (Å²) in [4.78, 5) is 0. The zero-order valence-electron chi connectivity index (χ0n) is 13.5. The highest BCUT2D eigenvalue weighted by atomic mass is 16.7. The van der Waals surface area contributed by atoms with Gasteiger partial charge in [-0.2, -0.15) is 0 Å². The minimum atomic E-state index is -0.137. The van der Waals surface area contributed by atoms with Crippen molar-refractivity contribution in [2.75, 3.05) is 19.8 Å². The van der Waals surface area contributed by atoms with E-state index in [1.165, 1.54) is 51.4 Å². The van der Waals surface area contributed by atoms with Crippen LogP contribution in [0.5, 0.6) is 0 Å². The zero-order chi connectivity index (χ0) is 15.2. The maximum Gasteiger partial charge on any atom is 0.240 e. The third kappa shape index (κ3) is 9.75. The lowest BCUT2D eigenvalue weighted by molar-refractivity contribution is -0.0478. The first-order chi connectivity index (χ1) is 10.4. The molecule has 1 atom stereocenters. The Balaban J connectivity index is 1.84. The molecule has 0 bridgehead atoms. The van der Waals surface area contributed by atoms with Crippen molar-refractivity contribution in [2.45, 2.75) is 77.4 Å². The zero-order valence-corrected chi connectivity index (χ0v) is 13.5. The highest BCUT2D eigenvalue weighted by Gasteiger charge is 2.18. The van der Waals surface area contributed by atoms with Gasteiger partial charge >= 0.3 is 0 Å². The van der Waals surface area contributed by atoms with Crippen LogP contribution >= 0.6 is 0 Å². The van der Waals surface area contributed by atoms with Crippen LogP contribution in [0.25, 0.3) is 0 Å². The second-order valence-electron chi connectivity index (χ2n) is 5.66. The summed E-state index contributed by atoms with van der Waals surface area (Å²) in [6.07, 6.45) is 14.4. The molecule has 0 fully saturated rings. The Bertz CT molecular complexity index is 266. The average Bonchev–Trinajstić information content (AvgIpc) is 2.94. The van der Waals surface area contributed by atoms with Crippen LogP contribution in [0.2, 0.25) is 0 Å². The lowest BCUT2D eigenvalue weighted by atomic mass is 10.1. The number of aliphatic hydroxyl groups excluding tert-OH is 1. The standard InChI is InChI=1S/C17H32O4/c1-2-3-4-5-6-7-8-9-10-11-17-20-15-16(21-17)14-19-13-12-18/h15,17-18H,2-14H2,1H3. The van der Waals surface area contributed by atoms with Gasteiger partial charge in [0.25, 0.3) is 0 Å². The van der Waals surface area contributed by atoms with Crippen molar-refractivity contribution in [3.05, 3.63) is 12.0 Å². The van der Waals surface area contributed by atoms with Gasteiger partial charge in [0.15, 0.2) is 5.76 Å². The van der Waals surface area contributed by atoms with Crippen LogP contribution in [-0.2, 0) is 14.2 Å². The molecule has 4 heteroatoms. The molecular weight excluding hydrogens is 268 g/mol. The van der Waals surface area contributed by atoms with E-state index in [0.29, 0.717) is 13.2 Å². The highest BCUT2D eigenvalue weighted by Crippen LogP contribution is 2.20. The van der Waals surface area contributed by atoms with Crippen LogP contribution in [0.3, 0.4) is 0 Å². The molecular formula is C17H32O4. The molecule has 0 aromatic heterocycles. The van der Waals surface area contributed by atoms with Crippen molar-refractivity contribution in [1.82, 2.24) is 0 Å². The molecule has 0 saturated heterocycles. The Hall–Kier alpha value is -0.740. The molecule has 124 valence electrons. The number of hydrogen-bond acceptors (Lipinski definition) is 4. The van der Waals surface area contributed by atoms with Gasteiger partial charge in [-0.15, -0.1) is 0 Å². The van der Waals surface area contributed by atoms with Gasteiger partial charge in [0.2, 0.25) is 6.29 Å². The van der Waals surface area contributed by atoms with Gasteiger partial charge in [0, 0.05) is 6.42 Å². The van der Waals surface area contributed by atoms with Gasteiger partial charge < -0.3 is 19.3 Å². The third-order valence-electron chi connectivity index (χ3n) is 3.66. The second-order valence-corrected chi connectivity index (χ2v) is 5.66. The van der Waals surface area contributed by atoms with Crippen molar-refractivity contribution in [3.63, 3.8) is 0 Å². The Labute approximate surface area is 129 Å². The van der Waals surface area contributed by atoms with E-state index in [1.54, 1.807) is 6.26 Å². The monoisotopic (exact) mass is 300 g/mol. The summed E-state index contributed by atoms with van der Waals surface area (Å²) in [5.74, 6) is 0.726. The largest absolute Gasteiger partial charge is 0.459 e. The Kier molecular flexibility index (Phi) is 11.3. The van der Waals surface area contributed by atoms with Gasteiger partial charge in [-0.3, -0.25) is 0 Å². The number of ether oxygens (including phenoxy) is 3. The lowest BCUT2D eigenvalue weighted by Gasteiger charge is -2.11. The Morgan fingerprint density at radius 3 is 2.38 bits per heavy atom. The maximum absolute atomic E-state index is 8.62. The van der Waals surface area contributed by atoms with Crippen LogP contribution in [0.15, 0.2) is 12.0 Å². The minimum Gasteiger partial charge on any atom is -0.459 e. The smallest absolute Gasteiger partial charge is 0.240 e. The summed E-state index contributed by atoms with van der Waals surface area (Å²) >= 11 is 0. The van der Waals surface area contributed by atoms with E-state index in [9.17, 15) is 0 Å². The predicted octanol–water partition coefficient (Wildman–Crippen LogP) is 4.13. The number of rotatable bonds is 14. The van der Waals surface area contributed by atoms with E-state index in [0.717, 1.165) is 18.6 Å². The van der Waals surface area contributed by atoms with Crippen LogP contribution < -0.4 is 0 Å². The van der Waals surface area contributed by atoms with Crippen LogP contribution in [-0.4, -0.2) is 31.2 Å². The summed E-state index contributed by atoms with van der Waals surface area (Å²) in [5.41, 5.74) is 0. The molecule has 0 aromatic carbocycles. The van der Waals surface area contributed by atoms with Gasteiger partial charge in [0.05, 0.1) is 13.2 Å². The third-order valence-corrected chi connectivity index (χ3v) is 3.66. The molecule has 1 unspecified atom stereocenters. The number of aliphatic hydroxyl groups is 1. The van der Waals surface area contributed by atoms with E-state index in [-0.39, 0.29) is 12.9 Å². The van der Waals surface area contributed by atoms with Crippen molar-refractivity contribution in [3.8, 4) is 0 Å². The van der Waals surface area contributed by atoms with Gasteiger partial charge in [0.1, 0.15) is 12.9 Å². The van der Waals surface area contributed by atoms with Crippen molar-refractivity contribution in [2.24, 2.45) is 0 Å². The van der Waals surface area contributed by atoms with Crippen LogP contribution in [0, 0.1) is 0 Å². The molecule has 0 saturated carbocycles. The first kappa shape index (κ1) is 18.3. The minimum absolute atomic E-state index is 0.0377. The average molecular weight is 300 g/mol. The SMILES string of the molecule is CCCCCCCCCCCC1OC=C(COCCO)O1. The van der Waals surface area contributed by atoms with Crippen LogP contribution in [0.1, 0.15) is 71.1 Å². The molecule has 4 nitrogen and oxygen atoms in total. The molecule has 21 heavy (non-hydrogen) atoms. The quantitative estimate of drug-likeness (QED) is 0.490. The molecule has 1 rings (SSSR count). The van der Waals surface area contributed by atoms with Gasteiger partial charge in [-0.1, -0.05) is 58.3 Å². The van der Waals surface area contributed by atoms with E-state index in [1.807, 2.05) is 0 Å². The van der Waals surface area contributed by atoms with Gasteiger partial charge in [-0.05, 0) is 6.42 Å². The fourth-order valence-electron chi connectivity index (χ4n) is 2.43. The van der Waals surface area contributed by atoms with Crippen LogP contribution in [0.4, 0.5) is 0 Å². The fraction of sp³-hybridized carbons (Fsp3) is 0.882. The summed E-state index contributed by atoms with van der Waals surface area (Å²) < 4.78 is 16.2. The van der Waals surface area contributed by atoms with E-state index in [4.69, 9.17) is 19.3 Å². The Morgan fingerprint density at radius 2 is 1.71 bits per heavy atom. The molecule has 0 aromatic rings. The Morgan fingerprint density at radius 1 is 1.05 bits per heavy atom. The molecule has 0 amide bonds. The molecule has 1 N–H and O–H groups in total. The lowest BCUT2D eigenvalue weighted by Crippen LogP contribution is -2.10. The second kappa shape index (κ2) is 13.0. The van der Waals surface area contributed by atoms with Crippen molar-refractivity contribution < 1.29 is 19.3 Å². The van der Waals surface area contributed by atoms with E-state index in [2.05, 4.69) is 6.92 Å². The van der Waals surface area contributed by atoms with Gasteiger partial charge in [-0.25, -0.2) is 0 Å². The molecule has 1 aliphatic heterocycles. The van der Waals surface area contributed by atoms with Crippen molar-refractivity contribution in [1.29, 1.82) is 0 Å². The van der Waals surface area contributed by atoms with E-state index >= 15 is 0 Å². The molecule has 0 aliphatic carbocycles. The molecule has 1 aliphatic rings.